The first kappa shape index (κ1) is 15.4. The lowest BCUT2D eigenvalue weighted by Gasteiger charge is -2.22. The molecule has 0 radical (unpaired) electrons. The van der Waals surface area contributed by atoms with Crippen LogP contribution in [0.2, 0.25) is 0 Å². The molecule has 0 aromatic rings. The summed E-state index contributed by atoms with van der Waals surface area (Å²) >= 11 is 0. The van der Waals surface area contributed by atoms with E-state index >= 15 is 0 Å². The van der Waals surface area contributed by atoms with Gasteiger partial charge in [0.25, 0.3) is 0 Å². The predicted octanol–water partition coefficient (Wildman–Crippen LogP) is 0.323. The first-order valence-corrected chi connectivity index (χ1v) is 5.87. The molecule has 1 saturated heterocycles. The third-order valence-corrected chi connectivity index (χ3v) is 2.82. The van der Waals surface area contributed by atoms with E-state index in [0.717, 1.165) is 0 Å². The molecule has 1 fully saturated rings. The molecule has 0 aromatic heterocycles. The molecule has 0 aromatic carbocycles. The Bertz CT molecular complexity index is 285. The second-order valence-electron chi connectivity index (χ2n) is 5.31. The Morgan fingerprint density at radius 3 is 2.22 bits per heavy atom. The van der Waals surface area contributed by atoms with Crippen molar-refractivity contribution < 1.29 is 28.8 Å². The monoisotopic (exact) mass is 262 g/mol. The van der Waals surface area contributed by atoms with Gasteiger partial charge < -0.3 is 24.1 Å². The van der Waals surface area contributed by atoms with E-state index in [2.05, 4.69) is 0 Å². The summed E-state index contributed by atoms with van der Waals surface area (Å²) in [6, 6.07) is 0. The highest BCUT2D eigenvalue weighted by atomic mass is 16.7. The maximum Gasteiger partial charge on any atom is 0.311 e. The van der Waals surface area contributed by atoms with Gasteiger partial charge in [0.05, 0.1) is 5.41 Å². The molecule has 106 valence electrons. The number of hydrogen-bond donors (Lipinski definition) is 1. The van der Waals surface area contributed by atoms with Gasteiger partial charge >= 0.3 is 5.97 Å². The third-order valence-electron chi connectivity index (χ3n) is 2.82. The molecule has 4 atom stereocenters. The zero-order valence-corrected chi connectivity index (χ0v) is 11.5. The van der Waals surface area contributed by atoms with Gasteiger partial charge in [-0.15, -0.1) is 0 Å². The van der Waals surface area contributed by atoms with Crippen molar-refractivity contribution in [1.82, 2.24) is 0 Å². The van der Waals surface area contributed by atoms with E-state index in [4.69, 9.17) is 18.9 Å². The zero-order chi connectivity index (χ0) is 13.9. The summed E-state index contributed by atoms with van der Waals surface area (Å²) in [5.41, 5.74) is -0.569. The summed E-state index contributed by atoms with van der Waals surface area (Å²) in [6.07, 6.45) is -2.63. The number of aliphatic hydroxyl groups excluding tert-OH is 1. The molecule has 0 spiro atoms. The largest absolute Gasteiger partial charge is 0.462 e. The van der Waals surface area contributed by atoms with Crippen molar-refractivity contribution in [3.05, 3.63) is 0 Å². The van der Waals surface area contributed by atoms with E-state index in [1.807, 2.05) is 0 Å². The zero-order valence-electron chi connectivity index (χ0n) is 11.5. The molecular weight excluding hydrogens is 240 g/mol. The van der Waals surface area contributed by atoms with Crippen molar-refractivity contribution >= 4 is 5.97 Å². The average Bonchev–Trinajstić information content (AvgIpc) is 2.59. The number of carbonyl (C=O) groups is 1. The minimum absolute atomic E-state index is 0.0333. The van der Waals surface area contributed by atoms with Crippen LogP contribution in [0.4, 0.5) is 0 Å². The topological polar surface area (TPSA) is 74.2 Å². The normalized spacial score (nSPS) is 32.6. The number of hydrogen-bond acceptors (Lipinski definition) is 6. The molecule has 1 N–H and O–H groups in total. The SMILES string of the molecule is CO[C@@H]1[C@@H](OC)[C@@H](COC(=O)C(C)(C)C)O[C@@H]1O. The molecule has 1 rings (SSSR count). The lowest BCUT2D eigenvalue weighted by atomic mass is 9.97. The smallest absolute Gasteiger partial charge is 0.311 e. The fourth-order valence-corrected chi connectivity index (χ4v) is 1.75. The summed E-state index contributed by atoms with van der Waals surface area (Å²) < 4.78 is 20.7. The van der Waals surface area contributed by atoms with Crippen LogP contribution in [0, 0.1) is 5.41 Å². The first-order chi connectivity index (χ1) is 8.31. The van der Waals surface area contributed by atoms with Crippen molar-refractivity contribution in [1.29, 1.82) is 0 Å². The van der Waals surface area contributed by atoms with Crippen LogP contribution in [0.15, 0.2) is 0 Å². The molecule has 0 bridgehead atoms. The Labute approximate surface area is 107 Å². The van der Waals surface area contributed by atoms with Gasteiger partial charge in [-0.25, -0.2) is 0 Å². The summed E-state index contributed by atoms with van der Waals surface area (Å²) in [6.45, 7) is 5.34. The van der Waals surface area contributed by atoms with Crippen molar-refractivity contribution in [3.8, 4) is 0 Å². The minimum atomic E-state index is -1.07. The molecule has 6 nitrogen and oxygen atoms in total. The highest BCUT2D eigenvalue weighted by Gasteiger charge is 2.45. The highest BCUT2D eigenvalue weighted by Crippen LogP contribution is 2.25. The van der Waals surface area contributed by atoms with Crippen LogP contribution in [0.1, 0.15) is 20.8 Å². The molecule has 6 heteroatoms. The van der Waals surface area contributed by atoms with E-state index in [-0.39, 0.29) is 12.6 Å². The van der Waals surface area contributed by atoms with Crippen LogP contribution in [0.3, 0.4) is 0 Å². The quantitative estimate of drug-likeness (QED) is 0.736. The van der Waals surface area contributed by atoms with Gasteiger partial charge in [0.2, 0.25) is 0 Å². The molecule has 18 heavy (non-hydrogen) atoms. The van der Waals surface area contributed by atoms with Crippen LogP contribution in [-0.4, -0.2) is 56.5 Å². The van der Waals surface area contributed by atoms with Crippen molar-refractivity contribution in [3.63, 3.8) is 0 Å². The van der Waals surface area contributed by atoms with Gasteiger partial charge in [0, 0.05) is 14.2 Å². The van der Waals surface area contributed by atoms with Gasteiger partial charge in [0.15, 0.2) is 6.29 Å². The Kier molecular flexibility index (Phi) is 5.10. The first-order valence-electron chi connectivity index (χ1n) is 5.87. The van der Waals surface area contributed by atoms with E-state index in [0.29, 0.717) is 0 Å². The Hall–Kier alpha value is -0.690. The van der Waals surface area contributed by atoms with Crippen LogP contribution >= 0.6 is 0 Å². The molecule has 1 aliphatic rings. The Morgan fingerprint density at radius 1 is 1.22 bits per heavy atom. The summed E-state index contributed by atoms with van der Waals surface area (Å²) in [5.74, 6) is -0.323. The number of aliphatic hydroxyl groups is 1. The maximum atomic E-state index is 11.6. The van der Waals surface area contributed by atoms with Gasteiger partial charge in [-0.2, -0.15) is 0 Å². The van der Waals surface area contributed by atoms with Crippen molar-refractivity contribution in [2.75, 3.05) is 20.8 Å². The van der Waals surface area contributed by atoms with Crippen molar-refractivity contribution in [2.45, 2.75) is 45.4 Å². The van der Waals surface area contributed by atoms with Gasteiger partial charge in [-0.3, -0.25) is 4.79 Å². The van der Waals surface area contributed by atoms with E-state index in [1.165, 1.54) is 14.2 Å². The van der Waals surface area contributed by atoms with Crippen LogP contribution in [0.25, 0.3) is 0 Å². The number of methoxy groups -OCH3 is 2. The predicted molar refractivity (Wildman–Crippen MR) is 62.9 cm³/mol. The van der Waals surface area contributed by atoms with E-state index < -0.39 is 30.0 Å². The fourth-order valence-electron chi connectivity index (χ4n) is 1.75. The summed E-state index contributed by atoms with van der Waals surface area (Å²) in [5, 5.41) is 9.62. The van der Waals surface area contributed by atoms with Gasteiger partial charge in [-0.1, -0.05) is 0 Å². The number of esters is 1. The van der Waals surface area contributed by atoms with Crippen LogP contribution in [-0.2, 0) is 23.7 Å². The van der Waals surface area contributed by atoms with E-state index in [9.17, 15) is 9.90 Å². The maximum absolute atomic E-state index is 11.6. The second kappa shape index (κ2) is 5.97. The molecule has 0 aliphatic carbocycles. The standard InChI is InChI=1S/C12H22O6/c1-12(2,3)11(14)17-6-7-8(15-4)9(16-5)10(13)18-7/h7-10,13H,6H2,1-5H3/t7-,8+,9-,10+/m1/s1. The van der Waals surface area contributed by atoms with Gasteiger partial charge in [0.1, 0.15) is 24.9 Å². The average molecular weight is 262 g/mol. The molecule has 0 saturated carbocycles. The van der Waals surface area contributed by atoms with Crippen LogP contribution in [0.5, 0.6) is 0 Å². The highest BCUT2D eigenvalue weighted by molar-refractivity contribution is 5.75. The minimum Gasteiger partial charge on any atom is -0.462 e. The summed E-state index contributed by atoms with van der Waals surface area (Å²) in [4.78, 5) is 11.6. The number of ether oxygens (including phenoxy) is 4. The Morgan fingerprint density at radius 2 is 1.78 bits per heavy atom. The summed E-state index contributed by atoms with van der Waals surface area (Å²) in [7, 11) is 2.96. The lowest BCUT2D eigenvalue weighted by Crippen LogP contribution is -2.38. The molecular formula is C12H22O6. The molecule has 0 amide bonds. The molecule has 1 aliphatic heterocycles. The second-order valence-corrected chi connectivity index (χ2v) is 5.31. The Balaban J connectivity index is 2.55. The number of rotatable bonds is 4. The van der Waals surface area contributed by atoms with Crippen molar-refractivity contribution in [2.24, 2.45) is 5.41 Å². The molecule has 0 unspecified atom stereocenters. The van der Waals surface area contributed by atoms with E-state index in [1.54, 1.807) is 20.8 Å². The van der Waals surface area contributed by atoms with Gasteiger partial charge in [-0.05, 0) is 20.8 Å². The number of carbonyl (C=O) groups excluding carboxylic acids is 1. The molecule has 1 heterocycles. The van der Waals surface area contributed by atoms with Crippen LogP contribution < -0.4 is 0 Å². The fraction of sp³-hybridized carbons (Fsp3) is 0.917. The lowest BCUT2D eigenvalue weighted by molar-refractivity contribution is -0.165. The third kappa shape index (κ3) is 3.41.